The number of thiazole rings is 1. The first-order chi connectivity index (χ1) is 16.9. The molecule has 0 fully saturated rings. The van der Waals surface area contributed by atoms with E-state index in [-0.39, 0.29) is 17.0 Å². The Balaban J connectivity index is 1.82. The van der Waals surface area contributed by atoms with E-state index in [0.717, 1.165) is 22.6 Å². The minimum absolute atomic E-state index is 0.219. The number of methoxy groups -OCH3 is 2. The maximum atomic E-state index is 13.9. The van der Waals surface area contributed by atoms with Crippen molar-refractivity contribution in [1.82, 2.24) is 4.57 Å². The first-order valence-electron chi connectivity index (χ1n) is 11.1. The summed E-state index contributed by atoms with van der Waals surface area (Å²) in [5.41, 5.74) is 2.92. The molecule has 5 rings (SSSR count). The van der Waals surface area contributed by atoms with E-state index in [1.807, 2.05) is 31.2 Å². The van der Waals surface area contributed by atoms with Crippen LogP contribution in [0.1, 0.15) is 31.0 Å². The van der Waals surface area contributed by atoms with Crippen molar-refractivity contribution in [1.29, 1.82) is 0 Å². The molecule has 1 aromatic heterocycles. The van der Waals surface area contributed by atoms with Gasteiger partial charge in [-0.15, -0.1) is 0 Å². The lowest BCUT2D eigenvalue weighted by atomic mass is 9.96. The second-order valence-electron chi connectivity index (χ2n) is 8.11. The number of fused-ring (bicyclic) bond motifs is 2. The first kappa shape index (κ1) is 22.8. The number of allylic oxidation sites excluding steroid dienone is 1. The van der Waals surface area contributed by atoms with Crippen molar-refractivity contribution in [3.05, 3.63) is 90.6 Å². The van der Waals surface area contributed by atoms with Crippen LogP contribution in [0.2, 0.25) is 0 Å². The summed E-state index contributed by atoms with van der Waals surface area (Å²) in [6.07, 6.45) is 0. The van der Waals surface area contributed by atoms with Gasteiger partial charge in [-0.25, -0.2) is 9.79 Å². The third-order valence-electron chi connectivity index (χ3n) is 6.30. The SMILES string of the molecule is CCN1C(=O)C(=c2sc3n(c2=O)[C@H](c2ccc(OC)cc2)C(C(=O)OC)=C(C)N=3)c2ccccc21. The molecule has 3 heterocycles. The third-order valence-corrected chi connectivity index (χ3v) is 7.35. The van der Waals surface area contributed by atoms with E-state index in [1.165, 1.54) is 11.7 Å². The molecule has 0 saturated heterocycles. The van der Waals surface area contributed by atoms with Gasteiger partial charge in [0.05, 0.1) is 42.8 Å². The second kappa shape index (κ2) is 8.66. The molecule has 2 aliphatic heterocycles. The van der Waals surface area contributed by atoms with Crippen LogP contribution in [0.5, 0.6) is 5.75 Å². The van der Waals surface area contributed by atoms with Gasteiger partial charge in [0.25, 0.3) is 11.5 Å². The number of para-hydroxylation sites is 1. The fourth-order valence-electron chi connectivity index (χ4n) is 4.66. The van der Waals surface area contributed by atoms with E-state index < -0.39 is 12.0 Å². The zero-order valence-electron chi connectivity index (χ0n) is 19.7. The summed E-state index contributed by atoms with van der Waals surface area (Å²) in [6, 6.07) is 13.8. The summed E-state index contributed by atoms with van der Waals surface area (Å²) >= 11 is 1.16. The molecule has 178 valence electrons. The van der Waals surface area contributed by atoms with E-state index >= 15 is 0 Å². The Kier molecular flexibility index (Phi) is 5.64. The van der Waals surface area contributed by atoms with Crippen LogP contribution < -0.4 is 24.5 Å². The van der Waals surface area contributed by atoms with E-state index in [0.29, 0.717) is 38.5 Å². The van der Waals surface area contributed by atoms with Crippen LogP contribution in [-0.2, 0) is 14.3 Å². The standard InChI is InChI=1S/C26H23N3O5S/c1-5-28-18-9-7-6-8-17(18)20(23(28)30)22-24(31)29-21(15-10-12-16(33-3)13-11-15)19(25(32)34-4)14(2)27-26(29)35-22/h6-13,21H,5H2,1-4H3/t21-/m1/s1. The van der Waals surface area contributed by atoms with Gasteiger partial charge in [0.1, 0.15) is 10.3 Å². The van der Waals surface area contributed by atoms with E-state index in [2.05, 4.69) is 4.99 Å². The molecule has 2 aliphatic rings. The van der Waals surface area contributed by atoms with Crippen molar-refractivity contribution in [2.75, 3.05) is 25.7 Å². The number of amides is 1. The van der Waals surface area contributed by atoms with Gasteiger partial charge in [0.15, 0.2) is 4.80 Å². The number of benzene rings is 2. The Hall–Kier alpha value is -3.98. The van der Waals surface area contributed by atoms with Gasteiger partial charge in [0.2, 0.25) is 0 Å². The Morgan fingerprint density at radius 2 is 1.80 bits per heavy atom. The number of carbonyl (C=O) groups is 2. The number of anilines is 1. The second-order valence-corrected chi connectivity index (χ2v) is 9.09. The third kappa shape index (κ3) is 3.42. The van der Waals surface area contributed by atoms with Gasteiger partial charge >= 0.3 is 5.97 Å². The Morgan fingerprint density at radius 1 is 1.09 bits per heavy atom. The summed E-state index contributed by atoms with van der Waals surface area (Å²) in [7, 11) is 2.87. The molecule has 2 aromatic carbocycles. The molecular weight excluding hydrogens is 466 g/mol. The molecule has 1 atom stereocenters. The maximum absolute atomic E-state index is 13.9. The summed E-state index contributed by atoms with van der Waals surface area (Å²) in [5, 5.41) is 0. The Morgan fingerprint density at radius 3 is 2.46 bits per heavy atom. The summed E-state index contributed by atoms with van der Waals surface area (Å²) < 4.78 is 12.1. The number of nitrogens with zero attached hydrogens (tertiary/aromatic N) is 3. The summed E-state index contributed by atoms with van der Waals surface area (Å²) in [5.74, 6) is -0.134. The highest BCUT2D eigenvalue weighted by Crippen LogP contribution is 2.35. The van der Waals surface area contributed by atoms with Gasteiger partial charge in [0, 0.05) is 12.1 Å². The fraction of sp³-hybridized carbons (Fsp3) is 0.231. The maximum Gasteiger partial charge on any atom is 0.338 e. The quantitative estimate of drug-likeness (QED) is 0.524. The molecular formula is C26H23N3O5S. The highest BCUT2D eigenvalue weighted by molar-refractivity contribution is 7.07. The van der Waals surface area contributed by atoms with Crippen LogP contribution in [0.15, 0.2) is 69.6 Å². The lowest BCUT2D eigenvalue weighted by Gasteiger charge is -2.24. The van der Waals surface area contributed by atoms with Crippen molar-refractivity contribution in [2.45, 2.75) is 19.9 Å². The molecule has 0 unspecified atom stereocenters. The molecule has 0 N–H and O–H groups in total. The molecule has 8 nitrogen and oxygen atoms in total. The van der Waals surface area contributed by atoms with Gasteiger partial charge in [-0.1, -0.05) is 41.7 Å². The first-order valence-corrected chi connectivity index (χ1v) is 11.9. The molecule has 0 saturated carbocycles. The minimum Gasteiger partial charge on any atom is -0.497 e. The minimum atomic E-state index is -0.756. The van der Waals surface area contributed by atoms with E-state index in [9.17, 15) is 14.4 Å². The number of carbonyl (C=O) groups excluding carboxylic acids is 2. The smallest absolute Gasteiger partial charge is 0.338 e. The Labute approximate surface area is 205 Å². The fourth-order valence-corrected chi connectivity index (χ4v) is 5.79. The van der Waals surface area contributed by atoms with Crippen LogP contribution in [0.25, 0.3) is 5.57 Å². The number of likely N-dealkylation sites (N-methyl/N-ethyl adjacent to an activating group) is 1. The van der Waals surface area contributed by atoms with Crippen molar-refractivity contribution in [3.8, 4) is 5.75 Å². The molecule has 35 heavy (non-hydrogen) atoms. The molecule has 0 aliphatic carbocycles. The number of rotatable bonds is 4. The van der Waals surface area contributed by atoms with E-state index in [4.69, 9.17) is 9.47 Å². The lowest BCUT2D eigenvalue weighted by molar-refractivity contribution is -0.136. The Bertz CT molecular complexity index is 1580. The predicted octanol–water partition coefficient (Wildman–Crippen LogP) is 2.15. The average molecular weight is 490 g/mol. The predicted molar refractivity (Wildman–Crippen MR) is 132 cm³/mol. The lowest BCUT2D eigenvalue weighted by Crippen LogP contribution is -2.40. The monoisotopic (exact) mass is 489 g/mol. The van der Waals surface area contributed by atoms with Crippen molar-refractivity contribution >= 4 is 34.5 Å². The summed E-state index contributed by atoms with van der Waals surface area (Å²) in [6.45, 7) is 4.10. The molecule has 9 heteroatoms. The van der Waals surface area contributed by atoms with Crippen molar-refractivity contribution in [2.24, 2.45) is 4.99 Å². The molecule has 0 spiro atoms. The van der Waals surface area contributed by atoms with Crippen molar-refractivity contribution < 1.29 is 19.1 Å². The topological polar surface area (TPSA) is 90.2 Å². The average Bonchev–Trinajstić information content (AvgIpc) is 3.34. The largest absolute Gasteiger partial charge is 0.497 e. The zero-order chi connectivity index (χ0) is 24.9. The van der Waals surface area contributed by atoms with Crippen LogP contribution in [0, 0.1) is 0 Å². The van der Waals surface area contributed by atoms with Gasteiger partial charge in [-0.2, -0.15) is 0 Å². The molecule has 1 amide bonds. The van der Waals surface area contributed by atoms with Gasteiger partial charge in [-0.3, -0.25) is 14.2 Å². The summed E-state index contributed by atoms with van der Waals surface area (Å²) in [4.78, 5) is 46.8. The van der Waals surface area contributed by atoms with Crippen molar-refractivity contribution in [3.63, 3.8) is 0 Å². The number of hydrogen-bond acceptors (Lipinski definition) is 7. The van der Waals surface area contributed by atoms with Crippen LogP contribution >= 0.6 is 11.3 Å². The molecule has 0 radical (unpaired) electrons. The normalized spacial score (nSPS) is 18.2. The number of ether oxygens (including phenoxy) is 2. The van der Waals surface area contributed by atoms with E-state index in [1.54, 1.807) is 43.2 Å². The zero-order valence-corrected chi connectivity index (χ0v) is 20.5. The van der Waals surface area contributed by atoms with Crippen LogP contribution in [-0.4, -0.2) is 37.2 Å². The number of aromatic nitrogens is 1. The van der Waals surface area contributed by atoms with Crippen LogP contribution in [0.4, 0.5) is 5.69 Å². The van der Waals surface area contributed by atoms with Gasteiger partial charge < -0.3 is 14.4 Å². The van der Waals surface area contributed by atoms with Crippen LogP contribution in [0.3, 0.4) is 0 Å². The number of esters is 1. The van der Waals surface area contributed by atoms with Gasteiger partial charge in [-0.05, 0) is 37.6 Å². The molecule has 0 bridgehead atoms. The highest BCUT2D eigenvalue weighted by atomic mass is 32.1. The molecule has 3 aromatic rings. The highest BCUT2D eigenvalue weighted by Gasteiger charge is 2.36. The number of hydrogen-bond donors (Lipinski definition) is 0.